The molecule has 0 radical (unpaired) electrons. The first-order valence-electron chi connectivity index (χ1n) is 11.1. The van der Waals surface area contributed by atoms with Gasteiger partial charge in [-0.2, -0.15) is 0 Å². The molecule has 0 fully saturated rings. The first kappa shape index (κ1) is 22.2. The molecular weight excluding hydrogens is 444 g/mol. The largest absolute Gasteiger partial charge is 0.487 e. The molecule has 0 aliphatic rings. The first-order chi connectivity index (χ1) is 17.2. The molecule has 0 N–H and O–H groups in total. The zero-order valence-electron chi connectivity index (χ0n) is 19.0. The fourth-order valence-electron chi connectivity index (χ4n) is 3.48. The monoisotopic (exact) mass is 466 g/mol. The van der Waals surface area contributed by atoms with E-state index in [1.165, 1.54) is 0 Å². The molecule has 0 aliphatic heterocycles. The van der Waals surface area contributed by atoms with Crippen molar-refractivity contribution in [1.29, 1.82) is 0 Å². The van der Waals surface area contributed by atoms with Gasteiger partial charge in [-0.3, -0.25) is 0 Å². The summed E-state index contributed by atoms with van der Waals surface area (Å²) in [6.07, 6.45) is 0. The highest BCUT2D eigenvalue weighted by Crippen LogP contribution is 2.24. The van der Waals surface area contributed by atoms with Gasteiger partial charge < -0.3 is 18.5 Å². The van der Waals surface area contributed by atoms with Crippen molar-refractivity contribution in [2.24, 2.45) is 0 Å². The Morgan fingerprint density at radius 2 is 1.46 bits per heavy atom. The summed E-state index contributed by atoms with van der Waals surface area (Å²) in [6.45, 7) is 2.24. The molecule has 0 saturated heterocycles. The van der Waals surface area contributed by atoms with Gasteiger partial charge in [-0.05, 0) is 13.0 Å². The number of aryl methyl sites for hydroxylation is 1. The van der Waals surface area contributed by atoms with Crippen LogP contribution < -0.4 is 4.74 Å². The Balaban J connectivity index is 1.20. The second-order valence-corrected chi connectivity index (χ2v) is 7.96. The average Bonchev–Trinajstić information content (AvgIpc) is 3.58. The van der Waals surface area contributed by atoms with Crippen LogP contribution in [0.3, 0.4) is 0 Å². The molecule has 7 heteroatoms. The van der Waals surface area contributed by atoms with Gasteiger partial charge in [-0.15, -0.1) is 0 Å². The molecule has 0 unspecified atom stereocenters. The number of nitrogens with zero attached hydrogens (tertiary/aromatic N) is 2. The maximum absolute atomic E-state index is 12.5. The zero-order valence-corrected chi connectivity index (χ0v) is 19.0. The van der Waals surface area contributed by atoms with E-state index < -0.39 is 5.97 Å². The van der Waals surface area contributed by atoms with Gasteiger partial charge in [0.25, 0.3) is 0 Å². The van der Waals surface area contributed by atoms with Crippen LogP contribution in [-0.2, 0) is 18.0 Å². The Morgan fingerprint density at radius 3 is 2.29 bits per heavy atom. The quantitative estimate of drug-likeness (QED) is 0.250. The van der Waals surface area contributed by atoms with Crippen molar-refractivity contribution in [3.63, 3.8) is 0 Å². The highest BCUT2D eigenvalue weighted by Gasteiger charge is 2.16. The molecule has 7 nitrogen and oxygen atoms in total. The van der Waals surface area contributed by atoms with E-state index in [9.17, 15) is 4.79 Å². The summed E-state index contributed by atoms with van der Waals surface area (Å²) >= 11 is 0. The fourth-order valence-corrected chi connectivity index (χ4v) is 3.48. The van der Waals surface area contributed by atoms with Crippen molar-refractivity contribution in [3.05, 3.63) is 114 Å². The zero-order chi connectivity index (χ0) is 24.0. The van der Waals surface area contributed by atoms with E-state index in [0.717, 1.165) is 22.3 Å². The molecule has 35 heavy (non-hydrogen) atoms. The minimum Gasteiger partial charge on any atom is -0.487 e. The number of carbonyl (C=O) groups excluding carboxylic acids is 1. The number of aromatic nitrogens is 2. The summed E-state index contributed by atoms with van der Waals surface area (Å²) in [7, 11) is 0. The lowest BCUT2D eigenvalue weighted by Crippen LogP contribution is -2.07. The number of para-hydroxylation sites is 1. The molecule has 0 aliphatic carbocycles. The summed E-state index contributed by atoms with van der Waals surface area (Å²) in [4.78, 5) is 12.5. The number of ether oxygens (including phenoxy) is 2. The second kappa shape index (κ2) is 10.1. The standard InChI is InChI=1S/C28H22N2O5/c1-19-11-13-21(14-12-19)27-16-24(30-35-27)28(31)33-17-22-9-5-6-10-25(22)32-18-23-15-26(34-29-23)20-7-3-2-4-8-20/h2-16H,17-18H2,1H3. The lowest BCUT2D eigenvalue weighted by Gasteiger charge is -2.10. The third kappa shape index (κ3) is 5.30. The van der Waals surface area contributed by atoms with Crippen molar-refractivity contribution >= 4 is 5.97 Å². The van der Waals surface area contributed by atoms with Crippen LogP contribution in [0.15, 0.2) is 100 Å². The third-order valence-corrected chi connectivity index (χ3v) is 5.38. The molecule has 174 valence electrons. The Hall–Kier alpha value is -4.65. The molecule has 0 saturated carbocycles. The Labute approximate surface area is 201 Å². The van der Waals surface area contributed by atoms with E-state index in [1.807, 2.05) is 91.9 Å². The first-order valence-corrected chi connectivity index (χ1v) is 11.1. The molecule has 2 aromatic heterocycles. The lowest BCUT2D eigenvalue weighted by molar-refractivity contribution is 0.0457. The van der Waals surface area contributed by atoms with E-state index in [1.54, 1.807) is 6.07 Å². The fraction of sp³-hybridized carbons (Fsp3) is 0.107. The molecule has 0 spiro atoms. The summed E-state index contributed by atoms with van der Waals surface area (Å²) in [5, 5.41) is 7.93. The highest BCUT2D eigenvalue weighted by atomic mass is 16.5. The van der Waals surface area contributed by atoms with Gasteiger partial charge >= 0.3 is 5.97 Å². The predicted molar refractivity (Wildman–Crippen MR) is 129 cm³/mol. The molecule has 5 rings (SSSR count). The maximum Gasteiger partial charge on any atom is 0.360 e. The van der Waals surface area contributed by atoms with E-state index in [4.69, 9.17) is 18.5 Å². The van der Waals surface area contributed by atoms with Crippen LogP contribution in [-0.4, -0.2) is 16.3 Å². The van der Waals surface area contributed by atoms with Crippen LogP contribution in [0.4, 0.5) is 0 Å². The van der Waals surface area contributed by atoms with Crippen LogP contribution in [0.5, 0.6) is 5.75 Å². The number of benzene rings is 3. The Kier molecular flexibility index (Phi) is 6.39. The van der Waals surface area contributed by atoms with Crippen LogP contribution in [0.1, 0.15) is 27.3 Å². The van der Waals surface area contributed by atoms with E-state index in [2.05, 4.69) is 10.3 Å². The van der Waals surface area contributed by atoms with Crippen LogP contribution in [0.25, 0.3) is 22.6 Å². The van der Waals surface area contributed by atoms with E-state index in [0.29, 0.717) is 23.0 Å². The van der Waals surface area contributed by atoms with Gasteiger partial charge in [0.15, 0.2) is 17.2 Å². The molecule has 2 heterocycles. The lowest BCUT2D eigenvalue weighted by atomic mass is 10.1. The van der Waals surface area contributed by atoms with Gasteiger partial charge in [0.05, 0.1) is 0 Å². The molecule has 3 aromatic carbocycles. The maximum atomic E-state index is 12.5. The van der Waals surface area contributed by atoms with Gasteiger partial charge in [0.2, 0.25) is 0 Å². The van der Waals surface area contributed by atoms with E-state index in [-0.39, 0.29) is 18.9 Å². The summed E-state index contributed by atoms with van der Waals surface area (Å²) in [5.41, 5.74) is 4.39. The van der Waals surface area contributed by atoms with Crippen LogP contribution in [0.2, 0.25) is 0 Å². The number of esters is 1. The highest BCUT2D eigenvalue weighted by molar-refractivity contribution is 5.88. The number of hydrogen-bond acceptors (Lipinski definition) is 7. The molecule has 0 amide bonds. The third-order valence-electron chi connectivity index (χ3n) is 5.38. The second-order valence-electron chi connectivity index (χ2n) is 7.96. The Morgan fingerprint density at radius 1 is 0.771 bits per heavy atom. The summed E-state index contributed by atoms with van der Waals surface area (Å²) in [5.74, 6) is 1.18. The smallest absolute Gasteiger partial charge is 0.360 e. The summed E-state index contributed by atoms with van der Waals surface area (Å²) in [6, 6.07) is 28.2. The van der Waals surface area contributed by atoms with Gasteiger partial charge in [-0.1, -0.05) is 88.7 Å². The Bertz CT molecular complexity index is 1420. The van der Waals surface area contributed by atoms with Crippen molar-refractivity contribution in [2.75, 3.05) is 0 Å². The summed E-state index contributed by atoms with van der Waals surface area (Å²) < 4.78 is 22.1. The van der Waals surface area contributed by atoms with Gasteiger partial charge in [0, 0.05) is 28.8 Å². The normalized spacial score (nSPS) is 10.8. The molecule has 0 atom stereocenters. The molecule has 5 aromatic rings. The van der Waals surface area contributed by atoms with Crippen molar-refractivity contribution in [3.8, 4) is 28.4 Å². The number of hydrogen-bond donors (Lipinski definition) is 0. The molecule has 0 bridgehead atoms. The predicted octanol–water partition coefficient (Wildman–Crippen LogP) is 6.24. The average molecular weight is 466 g/mol. The van der Waals surface area contributed by atoms with Gasteiger partial charge in [-0.25, -0.2) is 4.79 Å². The minimum absolute atomic E-state index is 0.0236. The SMILES string of the molecule is Cc1ccc(-c2cc(C(=O)OCc3ccccc3OCc3cc(-c4ccccc4)on3)no2)cc1. The van der Waals surface area contributed by atoms with E-state index >= 15 is 0 Å². The number of carbonyl (C=O) groups is 1. The van der Waals surface area contributed by atoms with Crippen molar-refractivity contribution < 1.29 is 23.3 Å². The van der Waals surface area contributed by atoms with Crippen LogP contribution >= 0.6 is 0 Å². The van der Waals surface area contributed by atoms with Crippen molar-refractivity contribution in [2.45, 2.75) is 20.1 Å². The number of rotatable bonds is 8. The topological polar surface area (TPSA) is 87.6 Å². The van der Waals surface area contributed by atoms with Crippen molar-refractivity contribution in [1.82, 2.24) is 10.3 Å². The molecular formula is C28H22N2O5. The van der Waals surface area contributed by atoms with Gasteiger partial charge in [0.1, 0.15) is 24.7 Å². The van der Waals surface area contributed by atoms with Crippen LogP contribution in [0, 0.1) is 6.92 Å². The minimum atomic E-state index is -0.578.